The molecule has 4 nitrogen and oxygen atoms in total. The Morgan fingerprint density at radius 3 is 2.89 bits per heavy atom. The van der Waals surface area contributed by atoms with E-state index in [1.807, 2.05) is 24.8 Å². The van der Waals surface area contributed by atoms with Gasteiger partial charge in [0.1, 0.15) is 5.56 Å². The van der Waals surface area contributed by atoms with E-state index in [2.05, 4.69) is 23.7 Å². The number of pyridine rings is 1. The van der Waals surface area contributed by atoms with Gasteiger partial charge in [-0.15, -0.1) is 0 Å². The minimum atomic E-state index is -0.904. The molecular weight excluding hydrogens is 260 g/mol. The lowest BCUT2D eigenvalue weighted by Gasteiger charge is -2.25. The molecule has 0 amide bonds. The van der Waals surface area contributed by atoms with E-state index < -0.39 is 5.97 Å². The minimum Gasteiger partial charge on any atom is -0.478 e. The minimum absolute atomic E-state index is 0.264. The van der Waals surface area contributed by atoms with Crippen molar-refractivity contribution < 1.29 is 9.90 Å². The zero-order valence-electron chi connectivity index (χ0n) is 11.6. The summed E-state index contributed by atoms with van der Waals surface area (Å²) < 4.78 is 0.264. The summed E-state index contributed by atoms with van der Waals surface area (Å²) >= 11 is 1.95. The van der Waals surface area contributed by atoms with Gasteiger partial charge in [-0.2, -0.15) is 11.8 Å². The van der Waals surface area contributed by atoms with Crippen molar-refractivity contribution in [1.82, 2.24) is 4.98 Å². The van der Waals surface area contributed by atoms with E-state index in [4.69, 9.17) is 0 Å². The number of carboxylic acid groups (broad SMARTS) is 1. The molecule has 1 aromatic rings. The molecule has 2 heterocycles. The summed E-state index contributed by atoms with van der Waals surface area (Å²) in [6.07, 6.45) is 2.52. The Morgan fingerprint density at radius 2 is 2.21 bits per heavy atom. The van der Waals surface area contributed by atoms with Crippen molar-refractivity contribution in [3.8, 4) is 0 Å². The molecule has 0 atom stereocenters. The molecule has 1 aliphatic rings. The number of thioether (sulfide) groups is 1. The highest BCUT2D eigenvalue weighted by atomic mass is 32.2. The first kappa shape index (κ1) is 14.2. The number of aryl methyl sites for hydroxylation is 1. The van der Waals surface area contributed by atoms with E-state index in [1.165, 1.54) is 6.20 Å². The van der Waals surface area contributed by atoms with Crippen molar-refractivity contribution in [2.45, 2.75) is 31.9 Å². The van der Waals surface area contributed by atoms with Gasteiger partial charge in [0.05, 0.1) is 5.69 Å². The van der Waals surface area contributed by atoms with Crippen LogP contribution in [0, 0.1) is 6.92 Å². The summed E-state index contributed by atoms with van der Waals surface area (Å²) in [5.74, 6) is 0.117. The van der Waals surface area contributed by atoms with E-state index >= 15 is 0 Å². The number of carboxylic acids is 1. The van der Waals surface area contributed by atoms with E-state index in [9.17, 15) is 9.90 Å². The largest absolute Gasteiger partial charge is 0.478 e. The molecule has 0 radical (unpaired) electrons. The quantitative estimate of drug-likeness (QED) is 0.902. The SMILES string of the molecule is Cc1cc(N2CCSC(C)(C)CC2)c(C(=O)O)cn1. The fraction of sp³-hybridized carbons (Fsp3) is 0.571. The van der Waals surface area contributed by atoms with Crippen LogP contribution in [0.15, 0.2) is 12.3 Å². The standard InChI is InChI=1S/C14H20N2O2S/c1-10-8-12(11(9-15-10)13(17)18)16-5-4-14(2,3)19-7-6-16/h8-9H,4-7H2,1-3H3,(H,17,18). The van der Waals surface area contributed by atoms with Crippen LogP contribution in [0.25, 0.3) is 0 Å². The lowest BCUT2D eigenvalue weighted by Crippen LogP contribution is -2.28. The predicted octanol–water partition coefficient (Wildman–Crippen LogP) is 2.81. The van der Waals surface area contributed by atoms with Crippen molar-refractivity contribution >= 4 is 23.4 Å². The summed E-state index contributed by atoms with van der Waals surface area (Å²) in [5, 5.41) is 9.29. The zero-order valence-corrected chi connectivity index (χ0v) is 12.5. The summed E-state index contributed by atoms with van der Waals surface area (Å²) in [4.78, 5) is 17.6. The number of aromatic carboxylic acids is 1. The molecule has 1 fully saturated rings. The molecular formula is C14H20N2O2S. The number of rotatable bonds is 2. The first-order chi connectivity index (χ1) is 8.89. The molecule has 104 valence electrons. The number of anilines is 1. The van der Waals surface area contributed by atoms with Crippen molar-refractivity contribution in [1.29, 1.82) is 0 Å². The van der Waals surface area contributed by atoms with Gasteiger partial charge in [0.15, 0.2) is 0 Å². The highest BCUT2D eigenvalue weighted by molar-refractivity contribution is 8.00. The lowest BCUT2D eigenvalue weighted by molar-refractivity contribution is 0.0697. The fourth-order valence-electron chi connectivity index (χ4n) is 2.23. The van der Waals surface area contributed by atoms with Gasteiger partial charge in [-0.3, -0.25) is 4.98 Å². The summed E-state index contributed by atoms with van der Waals surface area (Å²) in [5.41, 5.74) is 1.96. The van der Waals surface area contributed by atoms with Crippen molar-refractivity contribution in [3.63, 3.8) is 0 Å². The van der Waals surface area contributed by atoms with E-state index in [1.54, 1.807) is 0 Å². The van der Waals surface area contributed by atoms with Crippen LogP contribution in [0.3, 0.4) is 0 Å². The van der Waals surface area contributed by atoms with Gasteiger partial charge in [-0.05, 0) is 19.4 Å². The molecule has 1 saturated heterocycles. The number of hydrogen-bond donors (Lipinski definition) is 1. The maximum atomic E-state index is 11.3. The Balaban J connectivity index is 2.30. The number of nitrogens with zero attached hydrogens (tertiary/aromatic N) is 2. The molecule has 2 rings (SSSR count). The van der Waals surface area contributed by atoms with Gasteiger partial charge < -0.3 is 10.0 Å². The van der Waals surface area contributed by atoms with Crippen LogP contribution < -0.4 is 4.90 Å². The van der Waals surface area contributed by atoms with Crippen LogP contribution in [0.5, 0.6) is 0 Å². The Hall–Kier alpha value is -1.23. The number of hydrogen-bond acceptors (Lipinski definition) is 4. The maximum Gasteiger partial charge on any atom is 0.339 e. The molecule has 0 unspecified atom stereocenters. The number of aromatic nitrogens is 1. The summed E-state index contributed by atoms with van der Waals surface area (Å²) in [7, 11) is 0. The van der Waals surface area contributed by atoms with Crippen molar-refractivity contribution in [2.24, 2.45) is 0 Å². The van der Waals surface area contributed by atoms with Crippen LogP contribution >= 0.6 is 11.8 Å². The Morgan fingerprint density at radius 1 is 1.47 bits per heavy atom. The fourth-order valence-corrected chi connectivity index (χ4v) is 3.33. The highest BCUT2D eigenvalue weighted by Gasteiger charge is 2.25. The van der Waals surface area contributed by atoms with Crippen LogP contribution in [0.2, 0.25) is 0 Å². The molecule has 0 aromatic carbocycles. The third-order valence-electron chi connectivity index (χ3n) is 3.43. The van der Waals surface area contributed by atoms with Gasteiger partial charge in [0, 0.05) is 35.5 Å². The van der Waals surface area contributed by atoms with Gasteiger partial charge >= 0.3 is 5.97 Å². The molecule has 0 aliphatic carbocycles. The van der Waals surface area contributed by atoms with E-state index in [-0.39, 0.29) is 4.75 Å². The smallest absolute Gasteiger partial charge is 0.339 e. The second kappa shape index (κ2) is 5.41. The second-order valence-electron chi connectivity index (χ2n) is 5.49. The Kier molecular flexibility index (Phi) is 4.04. The van der Waals surface area contributed by atoms with Crippen molar-refractivity contribution in [3.05, 3.63) is 23.5 Å². The first-order valence-electron chi connectivity index (χ1n) is 6.48. The second-order valence-corrected chi connectivity index (χ2v) is 7.30. The molecule has 0 bridgehead atoms. The van der Waals surface area contributed by atoms with Gasteiger partial charge in [-0.25, -0.2) is 4.79 Å². The zero-order chi connectivity index (χ0) is 14.0. The molecule has 1 N–H and O–H groups in total. The molecule has 0 saturated carbocycles. The van der Waals surface area contributed by atoms with Crippen molar-refractivity contribution in [2.75, 3.05) is 23.7 Å². The van der Waals surface area contributed by atoms with Crippen LogP contribution in [-0.4, -0.2) is 39.6 Å². The van der Waals surface area contributed by atoms with Gasteiger partial charge in [0.2, 0.25) is 0 Å². The van der Waals surface area contributed by atoms with Crippen LogP contribution in [0.4, 0.5) is 5.69 Å². The molecule has 1 aliphatic heterocycles. The van der Waals surface area contributed by atoms with Gasteiger partial charge in [-0.1, -0.05) is 13.8 Å². The average Bonchev–Trinajstić information content (AvgIpc) is 2.49. The maximum absolute atomic E-state index is 11.3. The molecule has 1 aromatic heterocycles. The monoisotopic (exact) mass is 280 g/mol. The molecule has 0 spiro atoms. The summed E-state index contributed by atoms with van der Waals surface area (Å²) in [6.45, 7) is 8.17. The molecule has 19 heavy (non-hydrogen) atoms. The topological polar surface area (TPSA) is 53.4 Å². The third-order valence-corrected chi connectivity index (χ3v) is 4.80. The number of carbonyl (C=O) groups is 1. The first-order valence-corrected chi connectivity index (χ1v) is 7.46. The van der Waals surface area contributed by atoms with E-state index in [0.717, 1.165) is 36.6 Å². The average molecular weight is 280 g/mol. The van der Waals surface area contributed by atoms with Crippen LogP contribution in [-0.2, 0) is 0 Å². The van der Waals surface area contributed by atoms with Crippen LogP contribution in [0.1, 0.15) is 36.3 Å². The highest BCUT2D eigenvalue weighted by Crippen LogP contribution is 2.33. The Labute approximate surface area is 118 Å². The summed E-state index contributed by atoms with van der Waals surface area (Å²) in [6, 6.07) is 1.88. The predicted molar refractivity (Wildman–Crippen MR) is 79.3 cm³/mol. The Bertz CT molecular complexity index is 488. The lowest BCUT2D eigenvalue weighted by atomic mass is 10.1. The third kappa shape index (κ3) is 3.41. The van der Waals surface area contributed by atoms with E-state index in [0.29, 0.717) is 5.56 Å². The molecule has 5 heteroatoms. The van der Waals surface area contributed by atoms with Gasteiger partial charge in [0.25, 0.3) is 0 Å². The normalized spacial score (nSPS) is 19.0.